The van der Waals surface area contributed by atoms with Gasteiger partial charge in [-0.1, -0.05) is 31.2 Å². The van der Waals surface area contributed by atoms with Gasteiger partial charge in [0.15, 0.2) is 0 Å². The Hall–Kier alpha value is -2.82. The molecule has 24 heavy (non-hydrogen) atoms. The number of carboxylic acid groups (broad SMARTS) is 1. The smallest absolute Gasteiger partial charge is 0.307 e. The van der Waals surface area contributed by atoms with Gasteiger partial charge in [-0.15, -0.1) is 0 Å². The molecular formula is C19H21NO4. The molecule has 0 saturated heterocycles. The summed E-state index contributed by atoms with van der Waals surface area (Å²) < 4.78 is 5.13. The van der Waals surface area contributed by atoms with Crippen LogP contribution in [0.2, 0.25) is 0 Å². The SMILES string of the molecule is COc1ccc(C(C)CC(=O)Nc2ccc(CC(=O)O)cc2)cc1. The fourth-order valence-corrected chi connectivity index (χ4v) is 2.42. The predicted molar refractivity (Wildman–Crippen MR) is 92.4 cm³/mol. The molecule has 0 saturated carbocycles. The number of hydrogen-bond donors (Lipinski definition) is 2. The number of benzene rings is 2. The molecule has 0 aliphatic carbocycles. The minimum atomic E-state index is -0.875. The highest BCUT2D eigenvalue weighted by Crippen LogP contribution is 2.22. The zero-order valence-electron chi connectivity index (χ0n) is 13.8. The molecule has 5 nitrogen and oxygen atoms in total. The number of anilines is 1. The summed E-state index contributed by atoms with van der Waals surface area (Å²) in [5.41, 5.74) is 2.44. The number of ether oxygens (including phenoxy) is 1. The fourth-order valence-electron chi connectivity index (χ4n) is 2.42. The number of rotatable bonds is 7. The average Bonchev–Trinajstić information content (AvgIpc) is 2.56. The maximum Gasteiger partial charge on any atom is 0.307 e. The summed E-state index contributed by atoms with van der Waals surface area (Å²) in [5, 5.41) is 11.6. The Morgan fingerprint density at radius 3 is 2.25 bits per heavy atom. The van der Waals surface area contributed by atoms with E-state index < -0.39 is 5.97 Å². The molecule has 0 fully saturated rings. The number of nitrogens with one attached hydrogen (secondary N) is 1. The summed E-state index contributed by atoms with van der Waals surface area (Å²) in [7, 11) is 1.62. The zero-order valence-corrected chi connectivity index (χ0v) is 13.8. The van der Waals surface area contributed by atoms with Crippen molar-refractivity contribution >= 4 is 17.6 Å². The molecule has 1 unspecified atom stereocenters. The second-order valence-corrected chi connectivity index (χ2v) is 5.69. The molecular weight excluding hydrogens is 306 g/mol. The van der Waals surface area contributed by atoms with E-state index in [9.17, 15) is 9.59 Å². The molecule has 2 rings (SSSR count). The van der Waals surface area contributed by atoms with Gasteiger partial charge in [-0.25, -0.2) is 0 Å². The summed E-state index contributed by atoms with van der Waals surface area (Å²) in [6.45, 7) is 2.00. The second-order valence-electron chi connectivity index (χ2n) is 5.69. The number of carbonyl (C=O) groups excluding carboxylic acids is 1. The lowest BCUT2D eigenvalue weighted by molar-refractivity contribution is -0.136. The van der Waals surface area contributed by atoms with E-state index in [2.05, 4.69) is 5.32 Å². The Bertz CT molecular complexity index is 692. The van der Waals surface area contributed by atoms with Gasteiger partial charge in [-0.05, 0) is 41.3 Å². The van der Waals surface area contributed by atoms with E-state index in [0.717, 1.165) is 11.3 Å². The van der Waals surface area contributed by atoms with Crippen molar-refractivity contribution in [2.75, 3.05) is 12.4 Å². The molecule has 0 spiro atoms. The molecule has 1 atom stereocenters. The molecule has 0 aliphatic rings. The largest absolute Gasteiger partial charge is 0.497 e. The number of methoxy groups -OCH3 is 1. The van der Waals surface area contributed by atoms with Gasteiger partial charge in [0.1, 0.15) is 5.75 Å². The Morgan fingerprint density at radius 1 is 1.08 bits per heavy atom. The number of carboxylic acids is 1. The summed E-state index contributed by atoms with van der Waals surface area (Å²) in [6.07, 6.45) is 0.339. The van der Waals surface area contributed by atoms with Gasteiger partial charge in [0.25, 0.3) is 0 Å². The Balaban J connectivity index is 1.90. The van der Waals surface area contributed by atoms with Crippen LogP contribution in [0.5, 0.6) is 5.75 Å². The maximum atomic E-state index is 12.2. The highest BCUT2D eigenvalue weighted by atomic mass is 16.5. The summed E-state index contributed by atoms with van der Waals surface area (Å²) in [6, 6.07) is 14.5. The number of aliphatic carboxylic acids is 1. The van der Waals surface area contributed by atoms with Crippen molar-refractivity contribution in [3.05, 3.63) is 59.7 Å². The van der Waals surface area contributed by atoms with Crippen LogP contribution in [-0.2, 0) is 16.0 Å². The summed E-state index contributed by atoms with van der Waals surface area (Å²) in [4.78, 5) is 22.8. The van der Waals surface area contributed by atoms with Gasteiger partial charge in [0.2, 0.25) is 5.91 Å². The monoisotopic (exact) mass is 327 g/mol. The Morgan fingerprint density at radius 2 is 1.71 bits per heavy atom. The first-order chi connectivity index (χ1) is 11.5. The van der Waals surface area contributed by atoms with Gasteiger partial charge < -0.3 is 15.2 Å². The van der Waals surface area contributed by atoms with E-state index in [1.54, 1.807) is 31.4 Å². The van der Waals surface area contributed by atoms with Crippen molar-refractivity contribution in [1.82, 2.24) is 0 Å². The number of carbonyl (C=O) groups is 2. The van der Waals surface area contributed by atoms with Crippen molar-refractivity contribution in [1.29, 1.82) is 0 Å². The quantitative estimate of drug-likeness (QED) is 0.816. The molecule has 2 aromatic carbocycles. The Kier molecular flexibility index (Phi) is 5.95. The van der Waals surface area contributed by atoms with Crippen molar-refractivity contribution in [2.45, 2.75) is 25.7 Å². The molecule has 126 valence electrons. The highest BCUT2D eigenvalue weighted by molar-refractivity contribution is 5.91. The van der Waals surface area contributed by atoms with Crippen molar-refractivity contribution < 1.29 is 19.4 Å². The lowest BCUT2D eigenvalue weighted by Gasteiger charge is -2.13. The van der Waals surface area contributed by atoms with Crippen molar-refractivity contribution in [3.8, 4) is 5.75 Å². The van der Waals surface area contributed by atoms with Gasteiger partial charge in [-0.2, -0.15) is 0 Å². The summed E-state index contributed by atoms with van der Waals surface area (Å²) in [5.74, 6) is -0.0801. The van der Waals surface area contributed by atoms with Crippen LogP contribution in [-0.4, -0.2) is 24.1 Å². The van der Waals surface area contributed by atoms with Crippen LogP contribution in [0.15, 0.2) is 48.5 Å². The standard InChI is InChI=1S/C19H21NO4/c1-13(15-5-9-17(24-2)10-6-15)11-18(21)20-16-7-3-14(4-8-16)12-19(22)23/h3-10,13H,11-12H2,1-2H3,(H,20,21)(H,22,23). The third-order valence-electron chi connectivity index (χ3n) is 3.77. The topological polar surface area (TPSA) is 75.6 Å². The van der Waals surface area contributed by atoms with Crippen LogP contribution in [0, 0.1) is 0 Å². The van der Waals surface area contributed by atoms with E-state index in [1.807, 2.05) is 31.2 Å². The maximum absolute atomic E-state index is 12.2. The molecule has 2 N–H and O–H groups in total. The second kappa shape index (κ2) is 8.15. The minimum Gasteiger partial charge on any atom is -0.497 e. The highest BCUT2D eigenvalue weighted by Gasteiger charge is 2.12. The summed E-state index contributed by atoms with van der Waals surface area (Å²) >= 11 is 0. The fraction of sp³-hybridized carbons (Fsp3) is 0.263. The van der Waals surface area contributed by atoms with Crippen molar-refractivity contribution in [2.24, 2.45) is 0 Å². The van der Waals surface area contributed by atoms with Crippen LogP contribution in [0.3, 0.4) is 0 Å². The van der Waals surface area contributed by atoms with Gasteiger partial charge in [-0.3, -0.25) is 9.59 Å². The van der Waals surface area contributed by atoms with Gasteiger partial charge in [0, 0.05) is 12.1 Å². The first kappa shape index (κ1) is 17.5. The van der Waals surface area contributed by atoms with Gasteiger partial charge in [0.05, 0.1) is 13.5 Å². The van der Waals surface area contributed by atoms with E-state index in [0.29, 0.717) is 17.7 Å². The average molecular weight is 327 g/mol. The first-order valence-electron chi connectivity index (χ1n) is 7.72. The van der Waals surface area contributed by atoms with Gasteiger partial charge >= 0.3 is 5.97 Å². The first-order valence-corrected chi connectivity index (χ1v) is 7.72. The Labute approximate surface area is 141 Å². The van der Waals surface area contributed by atoms with E-state index in [4.69, 9.17) is 9.84 Å². The minimum absolute atomic E-state index is 0.0251. The predicted octanol–water partition coefficient (Wildman–Crippen LogP) is 3.45. The third kappa shape index (κ3) is 5.12. The van der Waals surface area contributed by atoms with E-state index >= 15 is 0 Å². The van der Waals surface area contributed by atoms with Crippen molar-refractivity contribution in [3.63, 3.8) is 0 Å². The molecule has 0 heterocycles. The molecule has 5 heteroatoms. The molecule has 2 aromatic rings. The van der Waals surface area contributed by atoms with Crippen LogP contribution in [0.4, 0.5) is 5.69 Å². The van der Waals surface area contributed by atoms with Crippen LogP contribution >= 0.6 is 0 Å². The lowest BCUT2D eigenvalue weighted by atomic mass is 9.97. The third-order valence-corrected chi connectivity index (χ3v) is 3.77. The molecule has 1 amide bonds. The molecule has 0 aromatic heterocycles. The van der Waals surface area contributed by atoms with Crippen LogP contribution in [0.25, 0.3) is 0 Å². The molecule has 0 aliphatic heterocycles. The van der Waals surface area contributed by atoms with E-state index in [-0.39, 0.29) is 18.2 Å². The normalized spacial score (nSPS) is 11.6. The molecule has 0 radical (unpaired) electrons. The van der Waals surface area contributed by atoms with Crippen LogP contribution in [0.1, 0.15) is 30.4 Å². The zero-order chi connectivity index (χ0) is 17.5. The van der Waals surface area contributed by atoms with E-state index in [1.165, 1.54) is 0 Å². The lowest BCUT2D eigenvalue weighted by Crippen LogP contribution is -2.14. The molecule has 0 bridgehead atoms. The van der Waals surface area contributed by atoms with Crippen LogP contribution < -0.4 is 10.1 Å². The number of hydrogen-bond acceptors (Lipinski definition) is 3. The number of amides is 1.